The number of benzene rings is 2. The van der Waals surface area contributed by atoms with Gasteiger partial charge in [0.1, 0.15) is 17.9 Å². The van der Waals surface area contributed by atoms with Crippen molar-refractivity contribution in [3.63, 3.8) is 0 Å². The van der Waals surface area contributed by atoms with E-state index in [9.17, 15) is 5.11 Å². The maximum Gasteiger partial charge on any atom is 0.162 e. The Labute approximate surface area is 140 Å². The number of hydrogen-bond acceptors (Lipinski definition) is 6. The highest BCUT2D eigenvalue weighted by molar-refractivity contribution is 5.93. The van der Waals surface area contributed by atoms with Gasteiger partial charge in [-0.1, -0.05) is 6.07 Å². The monoisotopic (exact) mass is 325 g/mol. The van der Waals surface area contributed by atoms with Crippen LogP contribution in [0.1, 0.15) is 11.1 Å². The van der Waals surface area contributed by atoms with Crippen molar-refractivity contribution in [1.29, 1.82) is 0 Å². The number of aromatic nitrogens is 2. The lowest BCUT2D eigenvalue weighted by molar-refractivity contribution is 0.356. The highest BCUT2D eigenvalue weighted by atomic mass is 16.5. The Balaban J connectivity index is 2.12. The zero-order valence-corrected chi connectivity index (χ0v) is 14.0. The predicted octanol–water partition coefficient (Wildman–Crippen LogP) is 3.71. The van der Waals surface area contributed by atoms with Crippen LogP contribution in [0.5, 0.6) is 17.2 Å². The van der Waals surface area contributed by atoms with Gasteiger partial charge in [-0.15, -0.1) is 0 Å². The van der Waals surface area contributed by atoms with Gasteiger partial charge in [0.15, 0.2) is 11.5 Å². The fourth-order valence-corrected chi connectivity index (χ4v) is 2.58. The highest BCUT2D eigenvalue weighted by Gasteiger charge is 2.13. The molecule has 0 atom stereocenters. The Hall–Kier alpha value is -3.02. The molecule has 0 radical (unpaired) electrons. The first-order valence-electron chi connectivity index (χ1n) is 7.48. The molecule has 0 fully saturated rings. The number of aromatic hydroxyl groups is 1. The quantitative estimate of drug-likeness (QED) is 0.761. The second-order valence-electron chi connectivity index (χ2n) is 5.48. The van der Waals surface area contributed by atoms with Crippen LogP contribution in [-0.4, -0.2) is 29.3 Å². The first-order valence-corrected chi connectivity index (χ1v) is 7.48. The van der Waals surface area contributed by atoms with Crippen molar-refractivity contribution >= 4 is 22.4 Å². The molecule has 0 spiro atoms. The topological polar surface area (TPSA) is 76.5 Å². The number of phenols is 1. The smallest absolute Gasteiger partial charge is 0.162 e. The molecule has 1 aromatic heterocycles. The van der Waals surface area contributed by atoms with Gasteiger partial charge in [0.25, 0.3) is 0 Å². The summed E-state index contributed by atoms with van der Waals surface area (Å²) in [5.74, 6) is 2.12. The van der Waals surface area contributed by atoms with E-state index in [4.69, 9.17) is 9.47 Å². The van der Waals surface area contributed by atoms with Gasteiger partial charge in [-0.25, -0.2) is 9.97 Å². The number of phenolic OH excluding ortho intramolecular Hbond substituents is 1. The maximum absolute atomic E-state index is 10.1. The molecule has 0 saturated carbocycles. The largest absolute Gasteiger partial charge is 0.507 e. The van der Waals surface area contributed by atoms with E-state index in [2.05, 4.69) is 15.3 Å². The molecule has 3 rings (SSSR count). The summed E-state index contributed by atoms with van der Waals surface area (Å²) in [4.78, 5) is 8.61. The zero-order valence-electron chi connectivity index (χ0n) is 14.0. The zero-order chi connectivity index (χ0) is 17.3. The number of rotatable bonds is 4. The SMILES string of the molecule is COc1cc2ncnc(Nc3ccc(C)c(O)c3C)c2cc1OC. The van der Waals surface area contributed by atoms with Gasteiger partial charge in [0, 0.05) is 22.7 Å². The maximum atomic E-state index is 10.1. The summed E-state index contributed by atoms with van der Waals surface area (Å²) in [7, 11) is 3.17. The minimum absolute atomic E-state index is 0.276. The van der Waals surface area contributed by atoms with Crippen molar-refractivity contribution in [3.8, 4) is 17.2 Å². The van der Waals surface area contributed by atoms with E-state index in [-0.39, 0.29) is 5.75 Å². The first-order chi connectivity index (χ1) is 11.5. The van der Waals surface area contributed by atoms with Crippen molar-refractivity contribution in [1.82, 2.24) is 9.97 Å². The molecule has 124 valence electrons. The number of methoxy groups -OCH3 is 2. The number of nitrogens with one attached hydrogen (secondary N) is 1. The number of hydrogen-bond donors (Lipinski definition) is 2. The molecule has 0 amide bonds. The summed E-state index contributed by atoms with van der Waals surface area (Å²) in [5.41, 5.74) is 3.12. The Bertz CT molecular complexity index is 910. The highest BCUT2D eigenvalue weighted by Crippen LogP contribution is 2.36. The van der Waals surface area contributed by atoms with E-state index in [0.717, 1.165) is 27.7 Å². The van der Waals surface area contributed by atoms with Crippen LogP contribution in [0.15, 0.2) is 30.6 Å². The molecule has 2 N–H and O–H groups in total. The summed E-state index contributed by atoms with van der Waals surface area (Å²) < 4.78 is 10.7. The summed E-state index contributed by atoms with van der Waals surface area (Å²) in [6, 6.07) is 7.41. The van der Waals surface area contributed by atoms with Gasteiger partial charge in [-0.3, -0.25) is 0 Å². The average Bonchev–Trinajstić information content (AvgIpc) is 2.61. The van der Waals surface area contributed by atoms with Crippen molar-refractivity contribution in [2.45, 2.75) is 13.8 Å². The Morgan fingerprint density at radius 2 is 1.71 bits per heavy atom. The Morgan fingerprint density at radius 1 is 1.00 bits per heavy atom. The fraction of sp³-hybridized carbons (Fsp3) is 0.222. The molecule has 0 bridgehead atoms. The third-order valence-corrected chi connectivity index (χ3v) is 4.03. The second kappa shape index (κ2) is 6.23. The van der Waals surface area contributed by atoms with E-state index in [1.54, 1.807) is 20.3 Å². The van der Waals surface area contributed by atoms with E-state index in [1.807, 2.05) is 32.0 Å². The van der Waals surface area contributed by atoms with Crippen LogP contribution in [-0.2, 0) is 0 Å². The van der Waals surface area contributed by atoms with Gasteiger partial charge in [-0.05, 0) is 31.5 Å². The average molecular weight is 325 g/mol. The van der Waals surface area contributed by atoms with Crippen LogP contribution in [0, 0.1) is 13.8 Å². The summed E-state index contributed by atoms with van der Waals surface area (Å²) in [6.45, 7) is 3.72. The second-order valence-corrected chi connectivity index (χ2v) is 5.48. The Morgan fingerprint density at radius 3 is 2.42 bits per heavy atom. The van der Waals surface area contributed by atoms with E-state index in [1.165, 1.54) is 6.33 Å². The normalized spacial score (nSPS) is 10.7. The molecule has 0 aliphatic heterocycles. The van der Waals surface area contributed by atoms with E-state index >= 15 is 0 Å². The molecule has 0 aliphatic rings. The van der Waals surface area contributed by atoms with Crippen LogP contribution in [0.3, 0.4) is 0 Å². The van der Waals surface area contributed by atoms with Crippen molar-refractivity contribution < 1.29 is 14.6 Å². The summed E-state index contributed by atoms with van der Waals surface area (Å²) in [5, 5.41) is 14.2. The first kappa shape index (κ1) is 15.9. The predicted molar refractivity (Wildman–Crippen MR) is 93.5 cm³/mol. The molecular formula is C18H19N3O3. The molecular weight excluding hydrogens is 306 g/mol. The molecule has 1 heterocycles. The number of ether oxygens (including phenoxy) is 2. The molecule has 0 unspecified atom stereocenters. The standard InChI is InChI=1S/C18H19N3O3/c1-10-5-6-13(11(2)17(10)22)21-18-12-7-15(23-3)16(24-4)8-14(12)19-9-20-18/h5-9,22H,1-4H3,(H,19,20,21). The third kappa shape index (κ3) is 2.67. The lowest BCUT2D eigenvalue weighted by Crippen LogP contribution is -1.99. The van der Waals surface area contributed by atoms with Gasteiger partial charge in [0.2, 0.25) is 0 Å². The van der Waals surface area contributed by atoms with Crippen LogP contribution < -0.4 is 14.8 Å². The number of fused-ring (bicyclic) bond motifs is 1. The molecule has 6 heteroatoms. The summed E-state index contributed by atoms with van der Waals surface area (Å²) in [6.07, 6.45) is 1.49. The van der Waals surface area contributed by atoms with Crippen LogP contribution in [0.2, 0.25) is 0 Å². The van der Waals surface area contributed by atoms with E-state index < -0.39 is 0 Å². The Kier molecular flexibility index (Phi) is 4.12. The fourth-order valence-electron chi connectivity index (χ4n) is 2.58. The minimum atomic E-state index is 0.276. The molecule has 2 aromatic carbocycles. The molecule has 0 saturated heterocycles. The molecule has 3 aromatic rings. The lowest BCUT2D eigenvalue weighted by Gasteiger charge is -2.14. The molecule has 6 nitrogen and oxygen atoms in total. The number of nitrogens with zero attached hydrogens (tertiary/aromatic N) is 2. The summed E-state index contributed by atoms with van der Waals surface area (Å²) >= 11 is 0. The van der Waals surface area contributed by atoms with Crippen molar-refractivity contribution in [2.75, 3.05) is 19.5 Å². The van der Waals surface area contributed by atoms with Crippen molar-refractivity contribution in [2.24, 2.45) is 0 Å². The minimum Gasteiger partial charge on any atom is -0.507 e. The van der Waals surface area contributed by atoms with Gasteiger partial charge >= 0.3 is 0 Å². The lowest BCUT2D eigenvalue weighted by atomic mass is 10.1. The number of anilines is 2. The van der Waals surface area contributed by atoms with Crippen LogP contribution >= 0.6 is 0 Å². The van der Waals surface area contributed by atoms with Crippen LogP contribution in [0.25, 0.3) is 10.9 Å². The van der Waals surface area contributed by atoms with Gasteiger partial charge < -0.3 is 19.9 Å². The van der Waals surface area contributed by atoms with Gasteiger partial charge in [-0.2, -0.15) is 0 Å². The van der Waals surface area contributed by atoms with Crippen molar-refractivity contribution in [3.05, 3.63) is 41.7 Å². The van der Waals surface area contributed by atoms with E-state index in [0.29, 0.717) is 17.3 Å². The number of aryl methyl sites for hydroxylation is 1. The van der Waals surface area contributed by atoms with Gasteiger partial charge in [0.05, 0.1) is 19.7 Å². The third-order valence-electron chi connectivity index (χ3n) is 4.03. The van der Waals surface area contributed by atoms with Crippen LogP contribution in [0.4, 0.5) is 11.5 Å². The molecule has 0 aliphatic carbocycles. The molecule has 24 heavy (non-hydrogen) atoms.